The lowest BCUT2D eigenvalue weighted by atomic mass is 9.96. The minimum atomic E-state index is -4.50. The summed E-state index contributed by atoms with van der Waals surface area (Å²) in [7, 11) is 0. The Labute approximate surface area is 116 Å². The van der Waals surface area contributed by atoms with E-state index in [0.29, 0.717) is 17.9 Å². The lowest BCUT2D eigenvalue weighted by Gasteiger charge is -2.06. The number of thiazole rings is 1. The number of hydrogen-bond acceptors (Lipinski definition) is 4. The van der Waals surface area contributed by atoms with Gasteiger partial charge in [0.25, 0.3) is 0 Å². The van der Waals surface area contributed by atoms with Crippen molar-refractivity contribution < 1.29 is 18.0 Å². The third kappa shape index (κ3) is 2.18. The average Bonchev–Trinajstić information content (AvgIpc) is 3.04. The van der Waals surface area contributed by atoms with E-state index in [1.165, 1.54) is 0 Å². The molecule has 1 aliphatic rings. The number of fused-ring (bicyclic) bond motifs is 1. The summed E-state index contributed by atoms with van der Waals surface area (Å²) in [5.74, 6) is -0.775. The summed E-state index contributed by atoms with van der Waals surface area (Å²) in [5, 5.41) is 2.09. The number of halogens is 3. The lowest BCUT2D eigenvalue weighted by Crippen LogP contribution is -2.13. The van der Waals surface area contributed by atoms with E-state index in [1.54, 1.807) is 6.07 Å². The summed E-state index contributed by atoms with van der Waals surface area (Å²) in [6.45, 7) is 0.400. The fourth-order valence-corrected chi connectivity index (χ4v) is 2.99. The normalized spacial score (nSPS) is 17.6. The molecule has 0 bridgehead atoms. The van der Waals surface area contributed by atoms with Crippen LogP contribution in [0.5, 0.6) is 0 Å². The molecular weight excluding hydrogens is 289 g/mol. The fraction of sp³-hybridized carbons (Fsp3) is 0.231. The minimum absolute atomic E-state index is 0.0424. The van der Waals surface area contributed by atoms with E-state index in [1.807, 2.05) is 18.2 Å². The summed E-state index contributed by atoms with van der Waals surface area (Å²) < 4.78 is 37.5. The minimum Gasteiger partial charge on any atom is -0.384 e. The van der Waals surface area contributed by atoms with Crippen LogP contribution in [0.1, 0.15) is 26.2 Å². The Kier molecular flexibility index (Phi) is 3.01. The highest BCUT2D eigenvalue weighted by molar-refractivity contribution is 7.13. The third-order valence-corrected chi connectivity index (χ3v) is 4.20. The van der Waals surface area contributed by atoms with E-state index in [2.05, 4.69) is 10.3 Å². The van der Waals surface area contributed by atoms with E-state index in [4.69, 9.17) is 0 Å². The predicted octanol–water partition coefficient (Wildman–Crippen LogP) is 3.55. The molecule has 7 heteroatoms. The van der Waals surface area contributed by atoms with Gasteiger partial charge in [0.15, 0.2) is 10.8 Å². The fourth-order valence-electron chi connectivity index (χ4n) is 2.21. The molecular formula is C13H9F3N2OS. The molecule has 0 saturated heterocycles. The molecule has 1 atom stereocenters. The van der Waals surface area contributed by atoms with Crippen molar-refractivity contribution in [3.8, 4) is 0 Å². The van der Waals surface area contributed by atoms with Gasteiger partial charge < -0.3 is 5.32 Å². The van der Waals surface area contributed by atoms with Gasteiger partial charge in [-0.15, -0.1) is 11.3 Å². The van der Waals surface area contributed by atoms with Crippen LogP contribution in [0.25, 0.3) is 0 Å². The van der Waals surface area contributed by atoms with E-state index in [-0.39, 0.29) is 10.7 Å². The van der Waals surface area contributed by atoms with Crippen molar-refractivity contribution >= 4 is 22.8 Å². The van der Waals surface area contributed by atoms with Gasteiger partial charge in [0.05, 0.1) is 10.8 Å². The van der Waals surface area contributed by atoms with Crippen LogP contribution in [0.3, 0.4) is 0 Å². The number of rotatable bonds is 2. The van der Waals surface area contributed by atoms with E-state index >= 15 is 0 Å². The van der Waals surface area contributed by atoms with Gasteiger partial charge in [-0.05, 0) is 11.6 Å². The zero-order chi connectivity index (χ0) is 14.3. The van der Waals surface area contributed by atoms with Crippen LogP contribution in [0, 0.1) is 0 Å². The highest BCUT2D eigenvalue weighted by Gasteiger charge is 2.37. The number of hydrogen-bond donors (Lipinski definition) is 1. The quantitative estimate of drug-likeness (QED) is 0.862. The number of anilines is 1. The summed E-state index contributed by atoms with van der Waals surface area (Å²) in [5.41, 5.74) is 1.67. The molecule has 104 valence electrons. The molecule has 2 aromatic rings. The Balaban J connectivity index is 1.89. The van der Waals surface area contributed by atoms with Crippen molar-refractivity contribution in [1.29, 1.82) is 0 Å². The maximum atomic E-state index is 12.5. The van der Waals surface area contributed by atoms with Crippen LogP contribution in [0.15, 0.2) is 30.5 Å². The number of para-hydroxylation sites is 1. The van der Waals surface area contributed by atoms with Crippen molar-refractivity contribution in [2.24, 2.45) is 0 Å². The summed E-state index contributed by atoms with van der Waals surface area (Å²) in [6.07, 6.45) is -3.49. The van der Waals surface area contributed by atoms with Crippen LogP contribution in [-0.2, 0) is 6.18 Å². The van der Waals surface area contributed by atoms with Crippen molar-refractivity contribution in [3.63, 3.8) is 0 Å². The first-order valence-electron chi connectivity index (χ1n) is 5.87. The number of alkyl halides is 3. The van der Waals surface area contributed by atoms with Crippen LogP contribution in [0.4, 0.5) is 18.9 Å². The highest BCUT2D eigenvalue weighted by atomic mass is 32.1. The number of ketones is 1. The molecule has 0 saturated carbocycles. The first-order valence-corrected chi connectivity index (χ1v) is 6.68. The zero-order valence-corrected chi connectivity index (χ0v) is 10.9. The maximum Gasteiger partial charge on any atom is 0.443 e. The average molecular weight is 298 g/mol. The van der Waals surface area contributed by atoms with Crippen LogP contribution >= 0.6 is 11.3 Å². The van der Waals surface area contributed by atoms with Gasteiger partial charge in [0.2, 0.25) is 0 Å². The Morgan fingerprint density at radius 2 is 2.10 bits per heavy atom. The molecule has 1 aromatic heterocycles. The highest BCUT2D eigenvalue weighted by Crippen LogP contribution is 2.37. The van der Waals surface area contributed by atoms with Crippen LogP contribution in [0.2, 0.25) is 0 Å². The number of carbonyl (C=O) groups is 1. The number of nitrogens with one attached hydrogen (secondary N) is 1. The van der Waals surface area contributed by atoms with Crippen LogP contribution < -0.4 is 5.32 Å². The Bertz CT molecular complexity index is 666. The van der Waals surface area contributed by atoms with E-state index in [0.717, 1.165) is 17.4 Å². The topological polar surface area (TPSA) is 42.0 Å². The molecule has 0 aliphatic carbocycles. The summed E-state index contributed by atoms with van der Waals surface area (Å²) >= 11 is 0.396. The second-order valence-corrected chi connectivity index (χ2v) is 5.44. The zero-order valence-electron chi connectivity index (χ0n) is 10.1. The molecule has 3 nitrogen and oxygen atoms in total. The van der Waals surface area contributed by atoms with Gasteiger partial charge in [-0.3, -0.25) is 4.79 Å². The first kappa shape index (κ1) is 13.1. The number of nitrogens with zero attached hydrogens (tertiary/aromatic N) is 1. The lowest BCUT2D eigenvalue weighted by molar-refractivity contribution is -0.137. The largest absolute Gasteiger partial charge is 0.443 e. The molecule has 20 heavy (non-hydrogen) atoms. The molecule has 1 aromatic carbocycles. The monoisotopic (exact) mass is 298 g/mol. The Hall–Kier alpha value is -1.89. The number of carbonyl (C=O) groups excluding carboxylic acids is 1. The van der Waals surface area contributed by atoms with Crippen molar-refractivity contribution in [2.75, 3.05) is 11.9 Å². The van der Waals surface area contributed by atoms with Crippen molar-refractivity contribution in [2.45, 2.75) is 12.1 Å². The van der Waals surface area contributed by atoms with E-state index < -0.39 is 17.1 Å². The molecule has 3 rings (SSSR count). The predicted molar refractivity (Wildman–Crippen MR) is 69.1 cm³/mol. The molecule has 0 amide bonds. The van der Waals surface area contributed by atoms with Gasteiger partial charge in [0, 0.05) is 18.4 Å². The SMILES string of the molecule is O=C(c1cnc(C(F)(F)F)s1)C1CNc2ccccc21. The van der Waals surface area contributed by atoms with Crippen molar-refractivity contribution in [3.05, 3.63) is 45.9 Å². The van der Waals surface area contributed by atoms with Gasteiger partial charge >= 0.3 is 6.18 Å². The third-order valence-electron chi connectivity index (χ3n) is 3.14. The molecule has 2 heterocycles. The number of Topliss-reactive ketones (excluding diaryl/α,β-unsaturated/α-hetero) is 1. The standard InChI is InChI=1S/C13H9F3N2OS/c14-13(15,16)12-18-6-10(20-12)11(19)8-5-17-9-4-2-1-3-7(8)9/h1-4,6,8,17H,5H2. The first-order chi connectivity index (χ1) is 9.47. The molecule has 1 N–H and O–H groups in total. The number of benzene rings is 1. The van der Waals surface area contributed by atoms with Gasteiger partial charge in [-0.1, -0.05) is 18.2 Å². The second kappa shape index (κ2) is 4.59. The second-order valence-electron chi connectivity index (χ2n) is 4.41. The van der Waals surface area contributed by atoms with Gasteiger partial charge in [-0.2, -0.15) is 13.2 Å². The summed E-state index contributed by atoms with van der Waals surface area (Å²) in [4.78, 5) is 15.6. The molecule has 1 unspecified atom stereocenters. The molecule has 1 aliphatic heterocycles. The van der Waals surface area contributed by atoms with Gasteiger partial charge in [-0.25, -0.2) is 4.98 Å². The van der Waals surface area contributed by atoms with E-state index in [9.17, 15) is 18.0 Å². The molecule has 0 radical (unpaired) electrons. The van der Waals surface area contributed by atoms with Crippen LogP contribution in [-0.4, -0.2) is 17.3 Å². The maximum absolute atomic E-state index is 12.5. The van der Waals surface area contributed by atoms with Gasteiger partial charge in [0.1, 0.15) is 0 Å². The number of aromatic nitrogens is 1. The molecule has 0 spiro atoms. The van der Waals surface area contributed by atoms with Crippen molar-refractivity contribution in [1.82, 2.24) is 4.98 Å². The Morgan fingerprint density at radius 1 is 1.35 bits per heavy atom. The molecule has 0 fully saturated rings. The Morgan fingerprint density at radius 3 is 2.80 bits per heavy atom. The smallest absolute Gasteiger partial charge is 0.384 e. The summed E-state index contributed by atoms with van der Waals surface area (Å²) in [6, 6.07) is 7.30.